The minimum absolute atomic E-state index is 0. The maximum absolute atomic E-state index is 12.4. The van der Waals surface area contributed by atoms with Crippen molar-refractivity contribution in [2.75, 3.05) is 39.9 Å². The third-order valence-corrected chi connectivity index (χ3v) is 4.49. The van der Waals surface area contributed by atoms with Gasteiger partial charge in [0.1, 0.15) is 6.04 Å². The van der Waals surface area contributed by atoms with E-state index in [0.29, 0.717) is 31.1 Å². The highest BCUT2D eigenvalue weighted by Crippen LogP contribution is 2.22. The van der Waals surface area contributed by atoms with E-state index in [1.54, 1.807) is 18.1 Å². The maximum atomic E-state index is 12.4. The molecule has 1 unspecified atom stereocenters. The van der Waals surface area contributed by atoms with Crippen molar-refractivity contribution in [2.24, 2.45) is 0 Å². The molecular formula is C15H24ClN3O3S. The molecular weight excluding hydrogens is 338 g/mol. The molecule has 0 aliphatic carbocycles. The van der Waals surface area contributed by atoms with Crippen LogP contribution in [0.3, 0.4) is 0 Å². The fraction of sp³-hybridized carbons (Fsp3) is 0.600. The second-order valence-corrected chi connectivity index (χ2v) is 6.12. The number of likely N-dealkylation sites (tertiary alicyclic amines) is 1. The number of rotatable bonds is 8. The molecule has 130 valence electrons. The van der Waals surface area contributed by atoms with E-state index in [2.05, 4.69) is 10.6 Å². The second kappa shape index (κ2) is 10.6. The van der Waals surface area contributed by atoms with Crippen molar-refractivity contribution in [3.05, 3.63) is 22.4 Å². The number of halogens is 1. The quantitative estimate of drug-likeness (QED) is 0.681. The van der Waals surface area contributed by atoms with Crippen LogP contribution in [0, 0.1) is 0 Å². The highest BCUT2D eigenvalue weighted by Gasteiger charge is 2.34. The minimum atomic E-state index is -0.339. The average Bonchev–Trinajstić information content (AvgIpc) is 3.21. The Balaban J connectivity index is 0.00000264. The lowest BCUT2D eigenvalue weighted by atomic mass is 10.2. The summed E-state index contributed by atoms with van der Waals surface area (Å²) < 4.78 is 4.93. The summed E-state index contributed by atoms with van der Waals surface area (Å²) in [6, 6.07) is 3.32. The molecule has 1 aliphatic rings. The van der Waals surface area contributed by atoms with Gasteiger partial charge in [-0.05, 0) is 24.3 Å². The van der Waals surface area contributed by atoms with Crippen molar-refractivity contribution in [1.29, 1.82) is 0 Å². The molecule has 0 radical (unpaired) electrons. The van der Waals surface area contributed by atoms with Crippen LogP contribution in [-0.4, -0.2) is 62.7 Å². The van der Waals surface area contributed by atoms with Crippen LogP contribution < -0.4 is 10.6 Å². The van der Waals surface area contributed by atoms with Crippen LogP contribution in [0.5, 0.6) is 0 Å². The molecule has 1 saturated heterocycles. The molecule has 1 aromatic rings. The lowest BCUT2D eigenvalue weighted by Gasteiger charge is -2.23. The Bertz CT molecular complexity index is 484. The Hall–Kier alpha value is -1.15. The van der Waals surface area contributed by atoms with E-state index in [4.69, 9.17) is 4.74 Å². The van der Waals surface area contributed by atoms with E-state index in [1.165, 1.54) is 11.3 Å². The van der Waals surface area contributed by atoms with Gasteiger partial charge < -0.3 is 20.3 Å². The molecule has 6 nitrogen and oxygen atoms in total. The second-order valence-electron chi connectivity index (χ2n) is 5.17. The van der Waals surface area contributed by atoms with Gasteiger partial charge in [-0.1, -0.05) is 6.07 Å². The topological polar surface area (TPSA) is 70.7 Å². The number of hydrogen-bond donors (Lipinski definition) is 2. The summed E-state index contributed by atoms with van der Waals surface area (Å²) in [5, 5.41) is 7.95. The van der Waals surface area contributed by atoms with Crippen LogP contribution >= 0.6 is 23.7 Å². The number of nitrogens with zero attached hydrogens (tertiary/aromatic N) is 1. The third-order valence-electron chi connectivity index (χ3n) is 3.63. The molecule has 1 atom stereocenters. The molecule has 8 heteroatoms. The van der Waals surface area contributed by atoms with Crippen LogP contribution in [-0.2, 0) is 9.53 Å². The molecule has 0 saturated carbocycles. The zero-order valence-corrected chi connectivity index (χ0v) is 14.9. The number of thiophene rings is 1. The number of methoxy groups -OCH3 is 1. The van der Waals surface area contributed by atoms with Gasteiger partial charge in [0.15, 0.2) is 0 Å². The van der Waals surface area contributed by atoms with Gasteiger partial charge in [0.25, 0.3) is 5.91 Å². The zero-order valence-electron chi connectivity index (χ0n) is 13.2. The Labute approximate surface area is 147 Å². The van der Waals surface area contributed by atoms with E-state index >= 15 is 0 Å². The average molecular weight is 362 g/mol. The molecule has 2 N–H and O–H groups in total. The summed E-state index contributed by atoms with van der Waals surface area (Å²) >= 11 is 1.42. The summed E-state index contributed by atoms with van der Waals surface area (Å²) in [6.07, 6.45) is 1.61. The molecule has 2 amide bonds. The monoisotopic (exact) mass is 361 g/mol. The van der Waals surface area contributed by atoms with E-state index < -0.39 is 0 Å². The minimum Gasteiger partial charge on any atom is -0.383 e. The standard InChI is InChI=1S/C15H23N3O3S.ClH/c1-21-10-8-16-6-7-17-14(19)12-4-2-9-18(12)15(20)13-5-3-11-22-13;/h3,5,11-12,16H,2,4,6-10H2,1H3,(H,17,19);1H. The third kappa shape index (κ3) is 5.76. The Kier molecular flexibility index (Phi) is 9.16. The van der Waals surface area contributed by atoms with Gasteiger partial charge in [-0.2, -0.15) is 0 Å². The summed E-state index contributed by atoms with van der Waals surface area (Å²) in [5.41, 5.74) is 0. The lowest BCUT2D eigenvalue weighted by molar-refractivity contribution is -0.124. The zero-order chi connectivity index (χ0) is 15.8. The van der Waals surface area contributed by atoms with E-state index in [1.807, 2.05) is 11.4 Å². The number of carbonyl (C=O) groups is 2. The first-order valence-electron chi connectivity index (χ1n) is 7.56. The van der Waals surface area contributed by atoms with Gasteiger partial charge in [-0.25, -0.2) is 0 Å². The summed E-state index contributed by atoms with van der Waals surface area (Å²) in [5.74, 6) is -0.0955. The molecule has 0 bridgehead atoms. The smallest absolute Gasteiger partial charge is 0.264 e. The van der Waals surface area contributed by atoms with Crippen molar-refractivity contribution < 1.29 is 14.3 Å². The van der Waals surface area contributed by atoms with Gasteiger partial charge in [-0.3, -0.25) is 9.59 Å². The van der Waals surface area contributed by atoms with Gasteiger partial charge in [0.05, 0.1) is 11.5 Å². The predicted octanol–water partition coefficient (Wildman–Crippen LogP) is 1.13. The molecule has 0 aromatic carbocycles. The first kappa shape index (κ1) is 19.9. The van der Waals surface area contributed by atoms with Crippen LogP contribution in [0.1, 0.15) is 22.5 Å². The van der Waals surface area contributed by atoms with Crippen molar-refractivity contribution in [3.8, 4) is 0 Å². The summed E-state index contributed by atoms with van der Waals surface area (Å²) in [6.45, 7) is 3.32. The normalized spacial score (nSPS) is 16.9. The van der Waals surface area contributed by atoms with E-state index in [-0.39, 0.29) is 30.3 Å². The van der Waals surface area contributed by atoms with Crippen LogP contribution in [0.2, 0.25) is 0 Å². The number of nitrogens with one attached hydrogen (secondary N) is 2. The van der Waals surface area contributed by atoms with Gasteiger partial charge in [0.2, 0.25) is 5.91 Å². The predicted molar refractivity (Wildman–Crippen MR) is 93.4 cm³/mol. The SMILES string of the molecule is COCCNCCNC(=O)C1CCCN1C(=O)c1cccs1.Cl. The van der Waals surface area contributed by atoms with Crippen molar-refractivity contribution in [2.45, 2.75) is 18.9 Å². The van der Waals surface area contributed by atoms with E-state index in [9.17, 15) is 9.59 Å². The van der Waals surface area contributed by atoms with Gasteiger partial charge in [0, 0.05) is 33.3 Å². The molecule has 2 heterocycles. The number of hydrogen-bond acceptors (Lipinski definition) is 5. The molecule has 23 heavy (non-hydrogen) atoms. The number of ether oxygens (including phenoxy) is 1. The first-order chi connectivity index (χ1) is 10.7. The van der Waals surface area contributed by atoms with Crippen LogP contribution in [0.25, 0.3) is 0 Å². The Morgan fingerprint density at radius 2 is 2.22 bits per heavy atom. The molecule has 1 aromatic heterocycles. The Morgan fingerprint density at radius 1 is 1.39 bits per heavy atom. The first-order valence-corrected chi connectivity index (χ1v) is 8.44. The summed E-state index contributed by atoms with van der Waals surface area (Å²) in [4.78, 5) is 27.1. The number of amides is 2. The Morgan fingerprint density at radius 3 is 2.91 bits per heavy atom. The molecule has 1 aliphatic heterocycles. The van der Waals surface area contributed by atoms with Crippen molar-refractivity contribution in [1.82, 2.24) is 15.5 Å². The fourth-order valence-electron chi connectivity index (χ4n) is 2.52. The van der Waals surface area contributed by atoms with Gasteiger partial charge >= 0.3 is 0 Å². The van der Waals surface area contributed by atoms with E-state index in [0.717, 1.165) is 19.4 Å². The highest BCUT2D eigenvalue weighted by atomic mass is 35.5. The molecule has 1 fully saturated rings. The van der Waals surface area contributed by atoms with Crippen molar-refractivity contribution >= 4 is 35.6 Å². The van der Waals surface area contributed by atoms with Crippen LogP contribution in [0.4, 0.5) is 0 Å². The molecule has 2 rings (SSSR count). The maximum Gasteiger partial charge on any atom is 0.264 e. The largest absolute Gasteiger partial charge is 0.383 e. The highest BCUT2D eigenvalue weighted by molar-refractivity contribution is 7.12. The number of carbonyl (C=O) groups excluding carboxylic acids is 2. The summed E-state index contributed by atoms with van der Waals surface area (Å²) in [7, 11) is 1.66. The van der Waals surface area contributed by atoms with Crippen molar-refractivity contribution in [3.63, 3.8) is 0 Å². The molecule has 0 spiro atoms. The fourth-order valence-corrected chi connectivity index (χ4v) is 3.19. The van der Waals surface area contributed by atoms with Gasteiger partial charge in [-0.15, -0.1) is 23.7 Å². The van der Waals surface area contributed by atoms with Crippen LogP contribution in [0.15, 0.2) is 17.5 Å². The lowest BCUT2D eigenvalue weighted by Crippen LogP contribution is -2.47.